The zero-order valence-corrected chi connectivity index (χ0v) is 17.8. The van der Waals surface area contributed by atoms with E-state index in [1.807, 2.05) is 0 Å². The Morgan fingerprint density at radius 2 is 1.72 bits per heavy atom. The second-order valence-corrected chi connectivity index (χ2v) is 10.0. The second-order valence-electron chi connectivity index (χ2n) is 6.01. The number of amides is 1. The van der Waals surface area contributed by atoms with Gasteiger partial charge in [0.25, 0.3) is 10.0 Å². The van der Waals surface area contributed by atoms with Crippen molar-refractivity contribution in [2.45, 2.75) is 11.3 Å². The van der Waals surface area contributed by atoms with Gasteiger partial charge in [0.05, 0.1) is 36.4 Å². The monoisotopic (exact) mass is 460 g/mol. The normalized spacial score (nSPS) is 16.0. The second kappa shape index (κ2) is 7.73. The molecular weight excluding hydrogens is 444 g/mol. The lowest BCUT2D eigenvalue weighted by Crippen LogP contribution is -2.29. The number of nitrogens with zero attached hydrogens (tertiary/aromatic N) is 1. The molecule has 1 heterocycles. The van der Waals surface area contributed by atoms with Crippen LogP contribution in [0.2, 0.25) is 5.02 Å². The fourth-order valence-corrected chi connectivity index (χ4v) is 5.76. The molecule has 2 aromatic rings. The molecule has 3 rings (SSSR count). The Morgan fingerprint density at radius 1 is 1.07 bits per heavy atom. The lowest BCUT2D eigenvalue weighted by molar-refractivity contribution is -0.116. The number of carbonyl (C=O) groups excluding carboxylic acids is 1. The minimum atomic E-state index is -4.21. The van der Waals surface area contributed by atoms with E-state index >= 15 is 0 Å². The highest BCUT2D eigenvalue weighted by Gasteiger charge is 2.37. The van der Waals surface area contributed by atoms with E-state index in [-0.39, 0.29) is 39.2 Å². The first-order valence-corrected chi connectivity index (χ1v) is 11.7. The fourth-order valence-electron chi connectivity index (χ4n) is 2.81. The Balaban J connectivity index is 2.04. The van der Waals surface area contributed by atoms with Crippen LogP contribution in [0.5, 0.6) is 11.5 Å². The molecule has 0 radical (unpaired) electrons. The zero-order valence-electron chi connectivity index (χ0n) is 15.4. The van der Waals surface area contributed by atoms with Gasteiger partial charge in [-0.25, -0.2) is 21.1 Å². The highest BCUT2D eigenvalue weighted by Crippen LogP contribution is 2.34. The summed E-state index contributed by atoms with van der Waals surface area (Å²) in [6, 6.07) is 7.97. The van der Waals surface area contributed by atoms with Crippen LogP contribution in [0.3, 0.4) is 0 Å². The molecule has 1 N–H and O–H groups in total. The number of sulfonamides is 2. The number of hydrogen-bond donors (Lipinski definition) is 1. The number of methoxy groups -OCH3 is 2. The predicted octanol–water partition coefficient (Wildman–Crippen LogP) is 2.22. The molecule has 0 spiro atoms. The van der Waals surface area contributed by atoms with E-state index in [4.69, 9.17) is 21.1 Å². The topological polar surface area (TPSA) is 119 Å². The summed E-state index contributed by atoms with van der Waals surface area (Å²) >= 11 is 6.03. The van der Waals surface area contributed by atoms with Crippen molar-refractivity contribution in [2.75, 3.05) is 29.0 Å². The van der Waals surface area contributed by atoms with E-state index in [9.17, 15) is 21.6 Å². The van der Waals surface area contributed by atoms with E-state index in [2.05, 4.69) is 4.72 Å². The molecule has 1 aliphatic heterocycles. The van der Waals surface area contributed by atoms with Crippen LogP contribution in [0.1, 0.15) is 6.42 Å². The maximum absolute atomic E-state index is 12.9. The van der Waals surface area contributed by atoms with Crippen LogP contribution in [-0.2, 0) is 24.8 Å². The van der Waals surface area contributed by atoms with Crippen LogP contribution < -0.4 is 18.5 Å². The SMILES string of the molecule is COc1ccc(NS(=O)(=O)c2cc(N3C(=O)CCS3(=O)=O)ccc2OC)cc1Cl. The smallest absolute Gasteiger partial charge is 0.265 e. The van der Waals surface area contributed by atoms with Crippen molar-refractivity contribution in [2.24, 2.45) is 0 Å². The number of ether oxygens (including phenoxy) is 2. The zero-order chi connectivity index (χ0) is 21.4. The van der Waals surface area contributed by atoms with Crippen molar-refractivity contribution in [1.29, 1.82) is 0 Å². The summed E-state index contributed by atoms with van der Waals surface area (Å²) in [5.74, 6) is -0.618. The van der Waals surface area contributed by atoms with Crippen LogP contribution in [-0.4, -0.2) is 42.7 Å². The van der Waals surface area contributed by atoms with Crippen molar-refractivity contribution < 1.29 is 31.1 Å². The van der Waals surface area contributed by atoms with Crippen LogP contribution in [0.25, 0.3) is 0 Å². The molecular formula is C17H17ClN2O7S2. The van der Waals surface area contributed by atoms with Crippen molar-refractivity contribution >= 4 is 48.9 Å². The van der Waals surface area contributed by atoms with Crippen molar-refractivity contribution in [3.05, 3.63) is 41.4 Å². The standard InChI is InChI=1S/C17H17ClN2O7S2/c1-26-14-5-3-11(9-13(14)18)19-29(24,25)16-10-12(4-6-15(16)27-2)20-17(21)7-8-28(20,22)23/h3-6,9-10,19H,7-8H2,1-2H3. The molecule has 9 nitrogen and oxygen atoms in total. The van der Waals surface area contributed by atoms with Gasteiger partial charge >= 0.3 is 0 Å². The van der Waals surface area contributed by atoms with Crippen molar-refractivity contribution in [1.82, 2.24) is 0 Å². The quantitative estimate of drug-likeness (QED) is 0.701. The molecule has 2 aromatic carbocycles. The summed E-state index contributed by atoms with van der Waals surface area (Å²) in [5, 5.41) is 0.196. The van der Waals surface area contributed by atoms with Crippen LogP contribution in [0.15, 0.2) is 41.3 Å². The minimum absolute atomic E-state index is 0.0232. The minimum Gasteiger partial charge on any atom is -0.495 e. The highest BCUT2D eigenvalue weighted by molar-refractivity contribution is 7.94. The summed E-state index contributed by atoms with van der Waals surface area (Å²) in [6.07, 6.45) is -0.168. The number of rotatable bonds is 6. The molecule has 1 amide bonds. The van der Waals surface area contributed by atoms with E-state index in [0.29, 0.717) is 10.1 Å². The van der Waals surface area contributed by atoms with Gasteiger partial charge in [-0.05, 0) is 36.4 Å². The van der Waals surface area contributed by atoms with E-state index in [0.717, 1.165) is 6.07 Å². The molecule has 0 aromatic heterocycles. The fraction of sp³-hybridized carbons (Fsp3) is 0.235. The lowest BCUT2D eigenvalue weighted by atomic mass is 10.3. The van der Waals surface area contributed by atoms with E-state index < -0.39 is 26.0 Å². The summed E-state index contributed by atoms with van der Waals surface area (Å²) < 4.78 is 63.3. The maximum atomic E-state index is 12.9. The molecule has 0 atom stereocenters. The van der Waals surface area contributed by atoms with E-state index in [1.165, 1.54) is 44.6 Å². The van der Waals surface area contributed by atoms with Crippen molar-refractivity contribution in [3.8, 4) is 11.5 Å². The Morgan fingerprint density at radius 3 is 2.28 bits per heavy atom. The van der Waals surface area contributed by atoms with Crippen LogP contribution >= 0.6 is 11.6 Å². The Labute approximate surface area is 173 Å². The molecule has 156 valence electrons. The number of carbonyl (C=O) groups is 1. The molecule has 0 saturated carbocycles. The molecule has 0 unspecified atom stereocenters. The van der Waals surface area contributed by atoms with Gasteiger partial charge < -0.3 is 9.47 Å². The Bertz CT molecular complexity index is 1180. The Kier molecular flexibility index (Phi) is 5.65. The molecule has 0 bridgehead atoms. The number of hydrogen-bond acceptors (Lipinski definition) is 7. The first kappa shape index (κ1) is 21.2. The van der Waals surface area contributed by atoms with Crippen LogP contribution in [0, 0.1) is 0 Å². The lowest BCUT2D eigenvalue weighted by Gasteiger charge is -2.18. The third-order valence-corrected chi connectivity index (χ3v) is 7.54. The van der Waals surface area contributed by atoms with Gasteiger partial charge in [-0.3, -0.25) is 9.52 Å². The molecule has 12 heteroatoms. The largest absolute Gasteiger partial charge is 0.495 e. The van der Waals surface area contributed by atoms with Gasteiger partial charge in [0.2, 0.25) is 15.9 Å². The third kappa shape index (κ3) is 4.11. The van der Waals surface area contributed by atoms with Gasteiger partial charge in [-0.2, -0.15) is 0 Å². The predicted molar refractivity (Wildman–Crippen MR) is 108 cm³/mol. The van der Waals surface area contributed by atoms with Gasteiger partial charge in [-0.15, -0.1) is 0 Å². The maximum Gasteiger partial charge on any atom is 0.265 e. The number of anilines is 2. The molecule has 0 aliphatic carbocycles. The molecule has 1 fully saturated rings. The number of halogens is 1. The highest BCUT2D eigenvalue weighted by atomic mass is 35.5. The summed E-state index contributed by atoms with van der Waals surface area (Å²) in [6.45, 7) is 0. The first-order chi connectivity index (χ1) is 13.6. The van der Waals surface area contributed by atoms with Gasteiger partial charge in [-0.1, -0.05) is 11.6 Å². The van der Waals surface area contributed by atoms with Crippen LogP contribution in [0.4, 0.5) is 11.4 Å². The number of nitrogens with one attached hydrogen (secondary N) is 1. The third-order valence-electron chi connectivity index (χ3n) is 4.15. The van der Waals surface area contributed by atoms with Gasteiger partial charge in [0.1, 0.15) is 16.4 Å². The molecule has 1 aliphatic rings. The summed E-state index contributed by atoms with van der Waals surface area (Å²) in [5.41, 5.74) is 0.0783. The average molecular weight is 461 g/mol. The van der Waals surface area contributed by atoms with Gasteiger partial charge in [0.15, 0.2) is 0 Å². The summed E-state index contributed by atoms with van der Waals surface area (Å²) in [7, 11) is -5.35. The first-order valence-electron chi connectivity index (χ1n) is 8.19. The van der Waals surface area contributed by atoms with E-state index in [1.54, 1.807) is 0 Å². The summed E-state index contributed by atoms with van der Waals surface area (Å²) in [4.78, 5) is 11.7. The Hall–Kier alpha value is -2.50. The van der Waals surface area contributed by atoms with Crippen molar-refractivity contribution in [3.63, 3.8) is 0 Å². The molecule has 29 heavy (non-hydrogen) atoms. The number of benzene rings is 2. The van der Waals surface area contributed by atoms with Gasteiger partial charge in [0, 0.05) is 6.42 Å². The molecule has 1 saturated heterocycles. The average Bonchev–Trinajstić information content (AvgIpc) is 2.93.